The summed E-state index contributed by atoms with van der Waals surface area (Å²) in [7, 11) is 0. The number of aromatic nitrogens is 3. The molecule has 0 bridgehead atoms. The van der Waals surface area contributed by atoms with Crippen LogP contribution >= 0.6 is 0 Å². The monoisotopic (exact) mass is 765 g/mol. The Morgan fingerprint density at radius 3 is 1.82 bits per heavy atom. The molecule has 0 N–H and O–H groups in total. The molecule has 60 heavy (non-hydrogen) atoms. The van der Waals surface area contributed by atoms with E-state index in [1.165, 1.54) is 11.1 Å². The number of fused-ring (bicyclic) bond motifs is 3. The number of aryl methyl sites for hydroxylation is 1. The molecule has 0 unspecified atom stereocenters. The van der Waals surface area contributed by atoms with Crippen LogP contribution in [0.3, 0.4) is 0 Å². The van der Waals surface area contributed by atoms with E-state index in [4.69, 9.17) is 16.5 Å². The van der Waals surface area contributed by atoms with E-state index in [0.29, 0.717) is 17.1 Å². The molecule has 10 rings (SSSR count). The fraction of sp³-hybridized carbons (Fsp3) is 0.0182. The Kier molecular flexibility index (Phi) is 9.10. The Morgan fingerprint density at radius 1 is 0.483 bits per heavy atom. The topological polar surface area (TPSA) is 58.9 Å². The number of hydrogen-bond acceptors (Lipinski definition) is 3. The summed E-state index contributed by atoms with van der Waals surface area (Å²) >= 11 is 0. The first-order chi connectivity index (χ1) is 29.6. The highest BCUT2D eigenvalue weighted by Gasteiger charge is 2.23. The van der Waals surface area contributed by atoms with Crippen LogP contribution in [0.15, 0.2) is 194 Å². The molecule has 0 spiro atoms. The van der Waals surface area contributed by atoms with Gasteiger partial charge in [0, 0.05) is 38.6 Å². The minimum Gasteiger partial charge on any atom is -0.308 e. The summed E-state index contributed by atoms with van der Waals surface area (Å²) < 4.78 is 2.36. The van der Waals surface area contributed by atoms with Gasteiger partial charge in [0.2, 0.25) is 0 Å². The van der Waals surface area contributed by atoms with Gasteiger partial charge in [-0.3, -0.25) is 0 Å². The lowest BCUT2D eigenvalue weighted by atomic mass is 9.91. The fourth-order valence-electron chi connectivity index (χ4n) is 8.31. The molecule has 5 nitrogen and oxygen atoms in total. The van der Waals surface area contributed by atoms with Crippen LogP contribution in [0.5, 0.6) is 0 Å². The maximum Gasteiger partial charge on any atom is 0.187 e. The number of para-hydroxylation sites is 1. The van der Waals surface area contributed by atoms with Crippen LogP contribution in [0.1, 0.15) is 11.1 Å². The van der Waals surface area contributed by atoms with Crippen molar-refractivity contribution in [2.24, 2.45) is 0 Å². The fourth-order valence-corrected chi connectivity index (χ4v) is 8.31. The lowest BCUT2D eigenvalue weighted by molar-refractivity contribution is 1.17. The molecule has 0 aliphatic rings. The summed E-state index contributed by atoms with van der Waals surface area (Å²) in [6, 6.07) is 68.5. The van der Waals surface area contributed by atoms with Gasteiger partial charge in [0.25, 0.3) is 0 Å². The average Bonchev–Trinajstić information content (AvgIpc) is 3.65. The maximum absolute atomic E-state index is 10.2. The van der Waals surface area contributed by atoms with Crippen LogP contribution in [0, 0.1) is 24.8 Å². The van der Waals surface area contributed by atoms with Gasteiger partial charge in [-0.05, 0) is 89.3 Å². The molecule has 0 amide bonds. The maximum atomic E-state index is 10.2. The predicted octanol–water partition coefficient (Wildman–Crippen LogP) is 14.3. The number of benzene rings is 8. The van der Waals surface area contributed by atoms with Gasteiger partial charge in [-0.2, -0.15) is 5.26 Å². The van der Waals surface area contributed by atoms with E-state index in [-0.39, 0.29) is 0 Å². The van der Waals surface area contributed by atoms with Crippen LogP contribution in [-0.4, -0.2) is 14.5 Å². The number of nitriles is 1. The van der Waals surface area contributed by atoms with E-state index in [1.54, 1.807) is 0 Å². The van der Waals surface area contributed by atoms with E-state index >= 15 is 0 Å². The van der Waals surface area contributed by atoms with E-state index in [0.717, 1.165) is 83.4 Å². The number of nitrogens with zero attached hydrogens (tertiary/aromatic N) is 5. The van der Waals surface area contributed by atoms with Gasteiger partial charge in [-0.1, -0.05) is 140 Å². The zero-order valence-corrected chi connectivity index (χ0v) is 32.7. The molecule has 0 saturated heterocycles. The Balaban J connectivity index is 1.33. The molecule has 0 atom stereocenters. The Bertz CT molecular complexity index is 3210. The first kappa shape index (κ1) is 36.0. The molecule has 0 aliphatic carbocycles. The van der Waals surface area contributed by atoms with Crippen molar-refractivity contribution in [3.05, 3.63) is 217 Å². The molecular formula is C55H35N5. The standard InChI is InChI=1S/C55H35N5/c1-36-15-9-10-24-45(36)42-27-28-53-49(31-42)46-25-11-12-26-52(46)60(53)54-47(40-21-13-16-37(29-40)35-56)32-43(33-48(54)41-22-14-23-44(30-41)57-2)51-34-50(38-17-5-3-6-18-38)58-55(59-51)39-19-7-4-8-20-39/h3-34H,1H3. The van der Waals surface area contributed by atoms with Gasteiger partial charge < -0.3 is 4.57 Å². The second-order valence-corrected chi connectivity index (χ2v) is 14.9. The number of hydrogen-bond donors (Lipinski definition) is 0. The Hall–Kier alpha value is -8.38. The largest absolute Gasteiger partial charge is 0.308 e. The molecule has 2 aromatic heterocycles. The third kappa shape index (κ3) is 6.47. The van der Waals surface area contributed by atoms with E-state index < -0.39 is 0 Å². The normalized spacial score (nSPS) is 11.1. The molecule has 0 fully saturated rings. The zero-order valence-electron chi connectivity index (χ0n) is 32.7. The molecule has 0 radical (unpaired) electrons. The molecule has 0 saturated carbocycles. The van der Waals surface area contributed by atoms with E-state index in [1.807, 2.05) is 84.9 Å². The molecular weight excluding hydrogens is 731 g/mol. The smallest absolute Gasteiger partial charge is 0.187 e. The van der Waals surface area contributed by atoms with E-state index in [9.17, 15) is 5.26 Å². The number of rotatable bonds is 7. The summed E-state index contributed by atoms with van der Waals surface area (Å²) in [4.78, 5) is 14.2. The zero-order chi connectivity index (χ0) is 40.6. The summed E-state index contributed by atoms with van der Waals surface area (Å²) in [5.74, 6) is 0.618. The Labute approximate surface area is 348 Å². The van der Waals surface area contributed by atoms with Gasteiger partial charge >= 0.3 is 0 Å². The van der Waals surface area contributed by atoms with Crippen molar-refractivity contribution in [1.82, 2.24) is 14.5 Å². The van der Waals surface area contributed by atoms with Gasteiger partial charge in [0.15, 0.2) is 11.5 Å². The van der Waals surface area contributed by atoms with Crippen molar-refractivity contribution in [3.8, 4) is 79.0 Å². The first-order valence-corrected chi connectivity index (χ1v) is 19.8. The van der Waals surface area contributed by atoms with Crippen LogP contribution in [0.25, 0.3) is 99.6 Å². The SMILES string of the molecule is [C-]#[N+]c1cccc(-c2cc(-c3cc(-c4ccccc4)nc(-c4ccccc4)n3)cc(-c3cccc(C#N)c3)c2-n2c3ccccc3c3cc(-c4ccccc4C)ccc32)c1. The third-order valence-corrected chi connectivity index (χ3v) is 11.2. The Morgan fingerprint density at radius 2 is 1.08 bits per heavy atom. The van der Waals surface area contributed by atoms with Crippen LogP contribution in [0.4, 0.5) is 5.69 Å². The van der Waals surface area contributed by atoms with Crippen LogP contribution in [0.2, 0.25) is 0 Å². The van der Waals surface area contributed by atoms with Crippen LogP contribution in [-0.2, 0) is 0 Å². The van der Waals surface area contributed by atoms with Gasteiger partial charge in [-0.25, -0.2) is 14.8 Å². The summed E-state index contributed by atoms with van der Waals surface area (Å²) in [5.41, 5.74) is 15.6. The molecule has 280 valence electrons. The highest BCUT2D eigenvalue weighted by atomic mass is 15.0. The molecule has 2 heterocycles. The van der Waals surface area contributed by atoms with Gasteiger partial charge in [0.05, 0.1) is 46.3 Å². The average molecular weight is 766 g/mol. The summed E-state index contributed by atoms with van der Waals surface area (Å²) in [5, 5.41) is 12.4. The van der Waals surface area contributed by atoms with Crippen molar-refractivity contribution in [2.45, 2.75) is 6.92 Å². The highest BCUT2D eigenvalue weighted by molar-refractivity contribution is 6.12. The summed E-state index contributed by atoms with van der Waals surface area (Å²) in [6.07, 6.45) is 0. The lowest BCUT2D eigenvalue weighted by Gasteiger charge is -2.21. The molecule has 0 aliphatic heterocycles. The van der Waals surface area contributed by atoms with Crippen molar-refractivity contribution < 1.29 is 0 Å². The lowest BCUT2D eigenvalue weighted by Crippen LogP contribution is -2.03. The summed E-state index contributed by atoms with van der Waals surface area (Å²) in [6.45, 7) is 10.2. The second-order valence-electron chi connectivity index (χ2n) is 14.9. The third-order valence-electron chi connectivity index (χ3n) is 11.2. The van der Waals surface area contributed by atoms with Crippen molar-refractivity contribution in [2.75, 3.05) is 0 Å². The minimum atomic E-state index is 0.543. The first-order valence-electron chi connectivity index (χ1n) is 19.8. The quantitative estimate of drug-likeness (QED) is 0.152. The van der Waals surface area contributed by atoms with Gasteiger partial charge in [-0.15, -0.1) is 0 Å². The predicted molar refractivity (Wildman–Crippen MR) is 245 cm³/mol. The van der Waals surface area contributed by atoms with Crippen molar-refractivity contribution in [3.63, 3.8) is 0 Å². The van der Waals surface area contributed by atoms with Crippen LogP contribution < -0.4 is 0 Å². The second kappa shape index (κ2) is 15.2. The van der Waals surface area contributed by atoms with Crippen molar-refractivity contribution >= 4 is 27.5 Å². The molecule has 10 aromatic rings. The van der Waals surface area contributed by atoms with Gasteiger partial charge in [0.1, 0.15) is 0 Å². The molecule has 8 aromatic carbocycles. The highest BCUT2D eigenvalue weighted by Crippen LogP contribution is 2.45. The molecule has 5 heteroatoms. The van der Waals surface area contributed by atoms with Crippen molar-refractivity contribution in [1.29, 1.82) is 5.26 Å². The van der Waals surface area contributed by atoms with E-state index in [2.05, 4.69) is 132 Å². The minimum absolute atomic E-state index is 0.543.